The van der Waals surface area contributed by atoms with Gasteiger partial charge in [-0.2, -0.15) is 13.2 Å². The molecule has 0 radical (unpaired) electrons. The molecule has 0 saturated carbocycles. The summed E-state index contributed by atoms with van der Waals surface area (Å²) in [5.41, 5.74) is -0.385. The van der Waals surface area contributed by atoms with Gasteiger partial charge >= 0.3 is 6.18 Å². The molecule has 0 bridgehead atoms. The average molecular weight is 498 g/mol. The number of hydrogen-bond acceptors (Lipinski definition) is 2. The Morgan fingerprint density at radius 1 is 0.848 bits per heavy atom. The third kappa shape index (κ3) is 6.20. The lowest BCUT2D eigenvalue weighted by Gasteiger charge is -2.22. The van der Waals surface area contributed by atoms with Crippen molar-refractivity contribution >= 4 is 50.5 Å². The van der Waals surface area contributed by atoms with Crippen LogP contribution in [0.15, 0.2) is 36.4 Å². The topological polar surface area (TPSA) is 20.3 Å². The highest BCUT2D eigenvalue weighted by molar-refractivity contribution is 6.40. The largest absolute Gasteiger partial charge is 0.416 e. The fraction of sp³-hybridized carbons (Fsp3) is 0.423. The number of fused-ring (bicyclic) bond motifs is 3. The standard InChI is InChI=1S/C26H28Cl2F3NO/c1-3-5-10-32(11-6-4-2)12-9-25(33)23-16-22-21(14-18(27)15-24(22)28)20-13-17(26(29,30)31)7-8-19(20)23/h7-8,13-16H,3-6,9-12H2,1-2H3. The van der Waals surface area contributed by atoms with Gasteiger partial charge in [0.05, 0.1) is 5.56 Å². The van der Waals surface area contributed by atoms with Crippen molar-refractivity contribution in [1.82, 2.24) is 4.90 Å². The zero-order valence-corrected chi connectivity index (χ0v) is 20.4. The van der Waals surface area contributed by atoms with Gasteiger partial charge in [0.25, 0.3) is 0 Å². The summed E-state index contributed by atoms with van der Waals surface area (Å²) in [6.45, 7) is 6.75. The predicted octanol–water partition coefficient (Wildman–Crippen LogP) is 8.79. The van der Waals surface area contributed by atoms with Gasteiger partial charge in [-0.25, -0.2) is 0 Å². The lowest BCUT2D eigenvalue weighted by atomic mass is 9.93. The van der Waals surface area contributed by atoms with Crippen LogP contribution in [0, 0.1) is 0 Å². The highest BCUT2D eigenvalue weighted by Crippen LogP contribution is 2.39. The van der Waals surface area contributed by atoms with Crippen LogP contribution in [0.5, 0.6) is 0 Å². The molecule has 2 nitrogen and oxygen atoms in total. The van der Waals surface area contributed by atoms with E-state index in [9.17, 15) is 18.0 Å². The number of hydrogen-bond donors (Lipinski definition) is 0. The number of halogens is 5. The second kappa shape index (κ2) is 11.1. The molecule has 0 saturated heterocycles. The summed E-state index contributed by atoms with van der Waals surface area (Å²) in [6.07, 6.45) is 0.0754. The zero-order valence-electron chi connectivity index (χ0n) is 18.9. The molecule has 3 rings (SSSR count). The molecule has 0 amide bonds. The van der Waals surface area contributed by atoms with Crippen molar-refractivity contribution in [2.75, 3.05) is 19.6 Å². The van der Waals surface area contributed by atoms with Gasteiger partial charge in [0, 0.05) is 34.0 Å². The number of ketones is 1. The number of benzene rings is 3. The molecule has 178 valence electrons. The van der Waals surface area contributed by atoms with Crippen molar-refractivity contribution in [3.05, 3.63) is 57.6 Å². The maximum atomic E-state index is 13.4. The molecule has 0 aromatic heterocycles. The Labute approximate surface area is 202 Å². The average Bonchev–Trinajstić information content (AvgIpc) is 2.77. The molecule has 0 aliphatic rings. The Kier molecular flexibility index (Phi) is 8.65. The second-order valence-corrected chi connectivity index (χ2v) is 9.23. The minimum absolute atomic E-state index is 0.106. The molecular weight excluding hydrogens is 470 g/mol. The Morgan fingerprint density at radius 3 is 2.09 bits per heavy atom. The van der Waals surface area contributed by atoms with E-state index in [-0.39, 0.29) is 5.78 Å². The van der Waals surface area contributed by atoms with Gasteiger partial charge in [-0.1, -0.05) is 56.0 Å². The smallest absolute Gasteiger partial charge is 0.303 e. The van der Waals surface area contributed by atoms with E-state index < -0.39 is 11.7 Å². The molecule has 0 aliphatic carbocycles. The summed E-state index contributed by atoms with van der Waals surface area (Å²) in [5, 5.41) is 2.45. The predicted molar refractivity (Wildman–Crippen MR) is 132 cm³/mol. The van der Waals surface area contributed by atoms with Crippen LogP contribution in [-0.4, -0.2) is 30.3 Å². The monoisotopic (exact) mass is 497 g/mol. The Morgan fingerprint density at radius 2 is 1.48 bits per heavy atom. The summed E-state index contributed by atoms with van der Waals surface area (Å²) in [5.74, 6) is -0.106. The van der Waals surface area contributed by atoms with Gasteiger partial charge < -0.3 is 4.90 Å². The molecule has 3 aromatic rings. The number of carbonyl (C=O) groups excluding carboxylic acids is 1. The van der Waals surface area contributed by atoms with Crippen molar-refractivity contribution in [1.29, 1.82) is 0 Å². The van der Waals surface area contributed by atoms with Crippen molar-refractivity contribution in [3.8, 4) is 0 Å². The molecule has 0 atom stereocenters. The van der Waals surface area contributed by atoms with Crippen molar-refractivity contribution in [3.63, 3.8) is 0 Å². The molecule has 3 aromatic carbocycles. The van der Waals surface area contributed by atoms with Gasteiger partial charge in [0.15, 0.2) is 5.78 Å². The van der Waals surface area contributed by atoms with Crippen molar-refractivity contribution < 1.29 is 18.0 Å². The van der Waals surface area contributed by atoms with Crippen molar-refractivity contribution in [2.24, 2.45) is 0 Å². The van der Waals surface area contributed by atoms with Crippen LogP contribution in [-0.2, 0) is 6.18 Å². The van der Waals surface area contributed by atoms with Crippen molar-refractivity contribution in [2.45, 2.75) is 52.1 Å². The lowest BCUT2D eigenvalue weighted by Crippen LogP contribution is -2.28. The van der Waals surface area contributed by atoms with Crippen LogP contribution in [0.4, 0.5) is 13.2 Å². The van der Waals surface area contributed by atoms with Crippen LogP contribution in [0.1, 0.15) is 61.9 Å². The van der Waals surface area contributed by atoms with Gasteiger partial charge in [-0.3, -0.25) is 4.79 Å². The van der Waals surface area contributed by atoms with Gasteiger partial charge in [-0.05, 0) is 72.4 Å². The summed E-state index contributed by atoms with van der Waals surface area (Å²) in [6, 6.07) is 8.30. The molecule has 0 N–H and O–H groups in total. The van der Waals surface area contributed by atoms with E-state index in [4.69, 9.17) is 23.2 Å². The molecule has 7 heteroatoms. The SMILES string of the molecule is CCCCN(CCCC)CCC(=O)c1cc2c(Cl)cc(Cl)cc2c2cc(C(F)(F)F)ccc12. The zero-order chi connectivity index (χ0) is 24.2. The Balaban J connectivity index is 2.04. The lowest BCUT2D eigenvalue weighted by molar-refractivity contribution is -0.137. The highest BCUT2D eigenvalue weighted by atomic mass is 35.5. The maximum Gasteiger partial charge on any atom is 0.416 e. The van der Waals surface area contributed by atoms with Gasteiger partial charge in [0.1, 0.15) is 0 Å². The minimum Gasteiger partial charge on any atom is -0.303 e. The second-order valence-electron chi connectivity index (χ2n) is 8.39. The quantitative estimate of drug-likeness (QED) is 0.206. The first kappa shape index (κ1) is 25.8. The molecule has 0 fully saturated rings. The maximum absolute atomic E-state index is 13.4. The van der Waals surface area contributed by atoms with Crippen LogP contribution in [0.25, 0.3) is 21.5 Å². The summed E-state index contributed by atoms with van der Waals surface area (Å²) in [4.78, 5) is 15.6. The number of alkyl halides is 3. The van der Waals surface area contributed by atoms with E-state index in [1.807, 2.05) is 0 Å². The van der Waals surface area contributed by atoms with Crippen LogP contribution >= 0.6 is 23.2 Å². The number of unbranched alkanes of at least 4 members (excludes halogenated alkanes) is 2. The van der Waals surface area contributed by atoms with Crippen LogP contribution in [0.3, 0.4) is 0 Å². The summed E-state index contributed by atoms with van der Waals surface area (Å²) >= 11 is 12.5. The Hall–Kier alpha value is -1.82. The van der Waals surface area contributed by atoms with E-state index >= 15 is 0 Å². The van der Waals surface area contributed by atoms with Gasteiger partial charge in [0.2, 0.25) is 0 Å². The number of rotatable bonds is 10. The fourth-order valence-electron chi connectivity index (χ4n) is 4.08. The molecule has 0 unspecified atom stereocenters. The van der Waals surface area contributed by atoms with E-state index in [1.165, 1.54) is 12.1 Å². The normalized spacial score (nSPS) is 12.2. The van der Waals surface area contributed by atoms with E-state index in [0.717, 1.165) is 50.9 Å². The molecule has 0 heterocycles. The van der Waals surface area contributed by atoms with E-state index in [2.05, 4.69) is 18.7 Å². The first-order valence-corrected chi connectivity index (χ1v) is 12.1. The summed E-state index contributed by atoms with van der Waals surface area (Å²) < 4.78 is 40.3. The van der Waals surface area contributed by atoms with Crippen LogP contribution < -0.4 is 0 Å². The molecule has 0 aliphatic heterocycles. The molecule has 33 heavy (non-hydrogen) atoms. The van der Waals surface area contributed by atoms with E-state index in [1.54, 1.807) is 12.1 Å². The fourth-order valence-corrected chi connectivity index (χ4v) is 4.63. The highest BCUT2D eigenvalue weighted by Gasteiger charge is 2.31. The molecular formula is C26H28Cl2F3NO. The minimum atomic E-state index is -4.50. The first-order valence-electron chi connectivity index (χ1n) is 11.3. The van der Waals surface area contributed by atoms with E-state index in [0.29, 0.717) is 50.1 Å². The Bertz CT molecular complexity index is 1140. The number of Topliss-reactive ketones (excluding diaryl/α,β-unsaturated/α-hetero) is 1. The van der Waals surface area contributed by atoms with Gasteiger partial charge in [-0.15, -0.1) is 0 Å². The third-order valence-corrected chi connectivity index (χ3v) is 6.45. The first-order chi connectivity index (χ1) is 15.7. The molecule has 0 spiro atoms. The third-order valence-electron chi connectivity index (χ3n) is 5.92. The van der Waals surface area contributed by atoms with Crippen LogP contribution in [0.2, 0.25) is 10.0 Å². The summed E-state index contributed by atoms with van der Waals surface area (Å²) in [7, 11) is 0. The number of nitrogens with zero attached hydrogens (tertiary/aromatic N) is 1. The number of carbonyl (C=O) groups is 1.